The van der Waals surface area contributed by atoms with E-state index in [9.17, 15) is 9.59 Å². The summed E-state index contributed by atoms with van der Waals surface area (Å²) in [7, 11) is 0. The number of rotatable bonds is 8. The van der Waals surface area contributed by atoms with E-state index >= 15 is 0 Å². The van der Waals surface area contributed by atoms with Crippen molar-refractivity contribution in [2.45, 2.75) is 45.4 Å². The van der Waals surface area contributed by atoms with Gasteiger partial charge in [0, 0.05) is 13.1 Å². The topological polar surface area (TPSA) is 69.6 Å². The minimum Gasteiger partial charge on any atom is -0.480 e. The second kappa shape index (κ2) is 5.80. The van der Waals surface area contributed by atoms with E-state index in [2.05, 4.69) is 12.2 Å². The van der Waals surface area contributed by atoms with Crippen molar-refractivity contribution in [3.63, 3.8) is 0 Å². The minimum atomic E-state index is -0.939. The molecule has 0 aromatic rings. The third-order valence-electron chi connectivity index (χ3n) is 4.14. The van der Waals surface area contributed by atoms with Crippen LogP contribution in [0.2, 0.25) is 0 Å². The summed E-state index contributed by atoms with van der Waals surface area (Å²) < 4.78 is 0. The normalized spacial score (nSPS) is 19.8. The molecule has 5 nitrogen and oxygen atoms in total. The maximum atomic E-state index is 12.1. The molecule has 0 bridgehead atoms. The molecule has 2 amide bonds. The number of carbonyl (C=O) groups is 2. The number of urea groups is 1. The van der Waals surface area contributed by atoms with Gasteiger partial charge in [-0.15, -0.1) is 0 Å². The van der Waals surface area contributed by atoms with Gasteiger partial charge >= 0.3 is 12.0 Å². The van der Waals surface area contributed by atoms with E-state index in [-0.39, 0.29) is 12.6 Å². The number of carbonyl (C=O) groups excluding carboxylic acids is 1. The molecule has 0 saturated heterocycles. The molecule has 5 heteroatoms. The van der Waals surface area contributed by atoms with Crippen molar-refractivity contribution in [1.29, 1.82) is 0 Å². The third kappa shape index (κ3) is 4.40. The summed E-state index contributed by atoms with van der Waals surface area (Å²) in [5.74, 6) is -0.430. The lowest BCUT2D eigenvalue weighted by Gasteiger charge is -2.23. The van der Waals surface area contributed by atoms with Gasteiger partial charge in [-0.3, -0.25) is 4.79 Å². The van der Waals surface area contributed by atoms with Crippen LogP contribution in [0.25, 0.3) is 0 Å². The molecule has 2 fully saturated rings. The van der Waals surface area contributed by atoms with E-state index in [1.165, 1.54) is 17.7 Å². The molecule has 0 unspecified atom stereocenters. The molecule has 2 rings (SSSR count). The highest BCUT2D eigenvalue weighted by Gasteiger charge is 2.41. The predicted molar refractivity (Wildman–Crippen MR) is 71.9 cm³/mol. The Morgan fingerprint density at radius 3 is 2.53 bits per heavy atom. The first-order valence-corrected chi connectivity index (χ1v) is 7.29. The Kier molecular flexibility index (Phi) is 4.32. The number of carboxylic acid groups (broad SMARTS) is 1. The second-order valence-corrected chi connectivity index (χ2v) is 6.13. The van der Waals surface area contributed by atoms with Crippen LogP contribution in [0.1, 0.15) is 45.4 Å². The molecule has 0 atom stereocenters. The summed E-state index contributed by atoms with van der Waals surface area (Å²) in [6, 6.07) is -0.211. The van der Waals surface area contributed by atoms with E-state index in [0.29, 0.717) is 24.4 Å². The van der Waals surface area contributed by atoms with Gasteiger partial charge in [0.25, 0.3) is 0 Å². The van der Waals surface area contributed by atoms with Crippen molar-refractivity contribution < 1.29 is 14.7 Å². The van der Waals surface area contributed by atoms with Crippen LogP contribution in [0, 0.1) is 11.3 Å². The molecule has 108 valence electrons. The van der Waals surface area contributed by atoms with Gasteiger partial charge in [-0.1, -0.05) is 13.3 Å². The van der Waals surface area contributed by atoms with E-state index in [4.69, 9.17) is 5.11 Å². The van der Waals surface area contributed by atoms with Gasteiger partial charge in [0.2, 0.25) is 0 Å². The Bertz CT molecular complexity index is 349. The van der Waals surface area contributed by atoms with E-state index in [0.717, 1.165) is 25.7 Å². The highest BCUT2D eigenvalue weighted by atomic mass is 16.4. The number of nitrogens with zero attached hydrogens (tertiary/aromatic N) is 1. The lowest BCUT2D eigenvalue weighted by molar-refractivity contribution is -0.137. The van der Waals surface area contributed by atoms with Crippen molar-refractivity contribution in [2.24, 2.45) is 11.3 Å². The highest BCUT2D eigenvalue weighted by Crippen LogP contribution is 2.48. The van der Waals surface area contributed by atoms with Crippen LogP contribution >= 0.6 is 0 Å². The average molecular weight is 268 g/mol. The average Bonchev–Trinajstić information content (AvgIpc) is 3.22. The number of aliphatic carboxylic acids is 1. The molecular formula is C14H24N2O3. The summed E-state index contributed by atoms with van der Waals surface area (Å²) in [5.41, 5.74) is 0.304. The van der Waals surface area contributed by atoms with Crippen LogP contribution in [0.15, 0.2) is 0 Å². The van der Waals surface area contributed by atoms with E-state index in [1.54, 1.807) is 0 Å². The molecule has 0 aromatic carbocycles. The molecule has 0 radical (unpaired) electrons. The number of amides is 2. The molecular weight excluding hydrogens is 244 g/mol. The lowest BCUT2D eigenvalue weighted by Crippen LogP contribution is -2.45. The van der Waals surface area contributed by atoms with Crippen LogP contribution in [0.3, 0.4) is 0 Å². The standard InChI is InChI=1S/C14H24N2O3/c1-2-5-14(6-7-14)10-15-13(19)16(9-12(17)18)8-11-3-4-11/h11H,2-10H2,1H3,(H,15,19)(H,17,18). The van der Waals surface area contributed by atoms with E-state index < -0.39 is 5.97 Å². The first-order chi connectivity index (χ1) is 9.04. The largest absolute Gasteiger partial charge is 0.480 e. The lowest BCUT2D eigenvalue weighted by atomic mass is 10.0. The second-order valence-electron chi connectivity index (χ2n) is 6.13. The molecule has 0 heterocycles. The predicted octanol–water partition coefficient (Wildman–Crippen LogP) is 2.07. The zero-order valence-electron chi connectivity index (χ0n) is 11.7. The monoisotopic (exact) mass is 268 g/mol. The summed E-state index contributed by atoms with van der Waals surface area (Å²) in [6.07, 6.45) is 6.88. The zero-order chi connectivity index (χ0) is 13.9. The quantitative estimate of drug-likeness (QED) is 0.708. The minimum absolute atomic E-state index is 0.191. The van der Waals surface area contributed by atoms with Gasteiger partial charge in [-0.05, 0) is 43.4 Å². The summed E-state index contributed by atoms with van der Waals surface area (Å²) in [5, 5.41) is 11.8. The van der Waals surface area contributed by atoms with Crippen molar-refractivity contribution in [3.8, 4) is 0 Å². The summed E-state index contributed by atoms with van der Waals surface area (Å²) >= 11 is 0. The van der Waals surface area contributed by atoms with Crippen LogP contribution in [0.4, 0.5) is 4.79 Å². The molecule has 0 spiro atoms. The fraction of sp³-hybridized carbons (Fsp3) is 0.857. The van der Waals surface area contributed by atoms with Gasteiger partial charge in [-0.25, -0.2) is 4.79 Å². The molecule has 2 saturated carbocycles. The molecule has 0 aromatic heterocycles. The number of hydrogen-bond donors (Lipinski definition) is 2. The Balaban J connectivity index is 1.79. The van der Waals surface area contributed by atoms with Gasteiger partial charge in [-0.2, -0.15) is 0 Å². The van der Waals surface area contributed by atoms with Crippen LogP contribution < -0.4 is 5.32 Å². The molecule has 2 aliphatic carbocycles. The fourth-order valence-electron chi connectivity index (χ4n) is 2.59. The Labute approximate surface area is 114 Å². The smallest absolute Gasteiger partial charge is 0.323 e. The van der Waals surface area contributed by atoms with Gasteiger partial charge in [0.1, 0.15) is 6.54 Å². The molecule has 19 heavy (non-hydrogen) atoms. The molecule has 2 aliphatic rings. The van der Waals surface area contributed by atoms with Crippen molar-refractivity contribution in [1.82, 2.24) is 10.2 Å². The van der Waals surface area contributed by atoms with Gasteiger partial charge in [0.15, 0.2) is 0 Å². The highest BCUT2D eigenvalue weighted by molar-refractivity contribution is 5.80. The van der Waals surface area contributed by atoms with E-state index in [1.807, 2.05) is 0 Å². The fourth-order valence-corrected chi connectivity index (χ4v) is 2.59. The SMILES string of the molecule is CCCC1(CNC(=O)N(CC(=O)O)CC2CC2)CC1. The summed E-state index contributed by atoms with van der Waals surface area (Å²) in [4.78, 5) is 24.3. The maximum Gasteiger partial charge on any atom is 0.323 e. The van der Waals surface area contributed by atoms with Crippen molar-refractivity contribution >= 4 is 12.0 Å². The Morgan fingerprint density at radius 1 is 1.37 bits per heavy atom. The summed E-state index contributed by atoms with van der Waals surface area (Å²) in [6.45, 7) is 3.24. The number of carboxylic acids is 1. The first-order valence-electron chi connectivity index (χ1n) is 7.29. The Morgan fingerprint density at radius 2 is 2.05 bits per heavy atom. The number of nitrogens with one attached hydrogen (secondary N) is 1. The third-order valence-corrected chi connectivity index (χ3v) is 4.14. The molecule has 0 aliphatic heterocycles. The molecule has 2 N–H and O–H groups in total. The van der Waals surface area contributed by atoms with Crippen molar-refractivity contribution in [2.75, 3.05) is 19.6 Å². The van der Waals surface area contributed by atoms with Crippen LogP contribution in [-0.2, 0) is 4.79 Å². The van der Waals surface area contributed by atoms with Gasteiger partial charge in [0.05, 0.1) is 0 Å². The maximum absolute atomic E-state index is 12.1. The van der Waals surface area contributed by atoms with Gasteiger partial charge < -0.3 is 15.3 Å². The number of hydrogen-bond acceptors (Lipinski definition) is 2. The van der Waals surface area contributed by atoms with Crippen LogP contribution in [-0.4, -0.2) is 41.6 Å². The van der Waals surface area contributed by atoms with Crippen molar-refractivity contribution in [3.05, 3.63) is 0 Å². The van der Waals surface area contributed by atoms with Crippen LogP contribution in [0.5, 0.6) is 0 Å². The first kappa shape index (κ1) is 14.2. The zero-order valence-corrected chi connectivity index (χ0v) is 11.7. The Hall–Kier alpha value is -1.26.